The van der Waals surface area contributed by atoms with Crippen LogP contribution in [0.1, 0.15) is 46.5 Å². The lowest BCUT2D eigenvalue weighted by molar-refractivity contribution is -0.143. The first kappa shape index (κ1) is 14.2. The van der Waals surface area contributed by atoms with Gasteiger partial charge in [0.25, 0.3) is 0 Å². The molecule has 15 heavy (non-hydrogen) atoms. The van der Waals surface area contributed by atoms with E-state index in [4.69, 9.17) is 4.74 Å². The molecule has 1 unspecified atom stereocenters. The Bertz CT molecular complexity index is 209. The molecule has 0 fully saturated rings. The molecule has 0 bridgehead atoms. The van der Waals surface area contributed by atoms with Gasteiger partial charge >= 0.3 is 5.97 Å². The van der Waals surface area contributed by atoms with Gasteiger partial charge in [-0.15, -0.1) is 0 Å². The first-order valence-electron chi connectivity index (χ1n) is 5.56. The molecule has 88 valence electrons. The lowest BCUT2D eigenvalue weighted by atomic mass is 10.0. The summed E-state index contributed by atoms with van der Waals surface area (Å²) in [6.07, 6.45) is 2.71. The molecule has 0 aromatic carbocycles. The Balaban J connectivity index is 3.91. The van der Waals surface area contributed by atoms with E-state index in [1.165, 1.54) is 0 Å². The minimum absolute atomic E-state index is 0.166. The summed E-state index contributed by atoms with van der Waals surface area (Å²) in [6, 6.07) is 0. The number of aliphatic hydroxyl groups excluding tert-OH is 1. The Kier molecular flexibility index (Phi) is 7.05. The van der Waals surface area contributed by atoms with Gasteiger partial charge in [-0.1, -0.05) is 32.8 Å². The lowest BCUT2D eigenvalue weighted by Crippen LogP contribution is -2.21. The first-order chi connectivity index (χ1) is 6.99. The standard InChI is InChI=1S/C12H22O3/c1-5-6-7-8-11(13)10(4)12(14)15-9(2)3/h9,11,13H,4-8H2,1-3H3. The third-order valence-corrected chi connectivity index (χ3v) is 2.09. The predicted molar refractivity (Wildman–Crippen MR) is 60.5 cm³/mol. The van der Waals surface area contributed by atoms with Gasteiger partial charge in [-0.3, -0.25) is 0 Å². The Morgan fingerprint density at radius 2 is 2.00 bits per heavy atom. The smallest absolute Gasteiger partial charge is 0.336 e. The molecule has 0 aromatic heterocycles. The van der Waals surface area contributed by atoms with Crippen molar-refractivity contribution in [3.8, 4) is 0 Å². The number of aliphatic hydroxyl groups is 1. The fourth-order valence-corrected chi connectivity index (χ4v) is 1.19. The summed E-state index contributed by atoms with van der Waals surface area (Å²) in [5.74, 6) is -0.492. The molecule has 0 rings (SSSR count). The van der Waals surface area contributed by atoms with E-state index in [0.29, 0.717) is 6.42 Å². The van der Waals surface area contributed by atoms with Gasteiger partial charge in [-0.2, -0.15) is 0 Å². The van der Waals surface area contributed by atoms with Crippen LogP contribution in [0.5, 0.6) is 0 Å². The fourth-order valence-electron chi connectivity index (χ4n) is 1.19. The molecule has 1 N–H and O–H groups in total. The number of carbonyl (C=O) groups excluding carboxylic acids is 1. The van der Waals surface area contributed by atoms with Crippen molar-refractivity contribution < 1.29 is 14.6 Å². The zero-order chi connectivity index (χ0) is 11.8. The normalized spacial score (nSPS) is 12.6. The van der Waals surface area contributed by atoms with Gasteiger partial charge < -0.3 is 9.84 Å². The van der Waals surface area contributed by atoms with Crippen molar-refractivity contribution in [2.24, 2.45) is 0 Å². The maximum atomic E-state index is 11.3. The minimum atomic E-state index is -0.761. The molecule has 3 nitrogen and oxygen atoms in total. The van der Waals surface area contributed by atoms with E-state index < -0.39 is 12.1 Å². The number of esters is 1. The average molecular weight is 214 g/mol. The first-order valence-corrected chi connectivity index (χ1v) is 5.56. The van der Waals surface area contributed by atoms with Gasteiger partial charge in [0.2, 0.25) is 0 Å². The van der Waals surface area contributed by atoms with Gasteiger partial charge in [-0.05, 0) is 20.3 Å². The second-order valence-corrected chi connectivity index (χ2v) is 3.99. The van der Waals surface area contributed by atoms with Crippen molar-refractivity contribution in [3.05, 3.63) is 12.2 Å². The summed E-state index contributed by atoms with van der Waals surface area (Å²) in [6.45, 7) is 9.20. The van der Waals surface area contributed by atoms with Crippen molar-refractivity contribution >= 4 is 5.97 Å². The monoisotopic (exact) mass is 214 g/mol. The lowest BCUT2D eigenvalue weighted by Gasteiger charge is -2.14. The Labute approximate surface area is 92.1 Å². The van der Waals surface area contributed by atoms with Crippen LogP contribution in [0.4, 0.5) is 0 Å². The second kappa shape index (κ2) is 7.46. The summed E-state index contributed by atoms with van der Waals surface area (Å²) in [7, 11) is 0. The number of carbonyl (C=O) groups is 1. The number of rotatable bonds is 7. The third-order valence-electron chi connectivity index (χ3n) is 2.09. The van der Waals surface area contributed by atoms with E-state index in [9.17, 15) is 9.90 Å². The molecule has 1 atom stereocenters. The highest BCUT2D eigenvalue weighted by Crippen LogP contribution is 2.11. The van der Waals surface area contributed by atoms with Crippen LogP contribution in [-0.2, 0) is 9.53 Å². The van der Waals surface area contributed by atoms with Gasteiger partial charge in [0.05, 0.1) is 17.8 Å². The van der Waals surface area contributed by atoms with E-state index >= 15 is 0 Å². The van der Waals surface area contributed by atoms with Crippen LogP contribution < -0.4 is 0 Å². The average Bonchev–Trinajstić information content (AvgIpc) is 2.15. The molecule has 0 radical (unpaired) electrons. The largest absolute Gasteiger partial charge is 0.460 e. The van der Waals surface area contributed by atoms with Gasteiger partial charge in [0, 0.05) is 0 Å². The molecule has 0 amide bonds. The topological polar surface area (TPSA) is 46.5 Å². The summed E-state index contributed by atoms with van der Waals surface area (Å²) in [4.78, 5) is 11.3. The fraction of sp³-hybridized carbons (Fsp3) is 0.750. The maximum absolute atomic E-state index is 11.3. The number of hydrogen-bond donors (Lipinski definition) is 1. The van der Waals surface area contributed by atoms with Crippen LogP contribution in [0.2, 0.25) is 0 Å². The van der Waals surface area contributed by atoms with E-state index in [1.54, 1.807) is 13.8 Å². The van der Waals surface area contributed by atoms with Crippen LogP contribution in [0, 0.1) is 0 Å². The Morgan fingerprint density at radius 3 is 2.47 bits per heavy atom. The van der Waals surface area contributed by atoms with Gasteiger partial charge in [-0.25, -0.2) is 4.79 Å². The van der Waals surface area contributed by atoms with Crippen LogP contribution in [0.25, 0.3) is 0 Å². The van der Waals surface area contributed by atoms with E-state index in [-0.39, 0.29) is 11.7 Å². The molecule has 0 heterocycles. The summed E-state index contributed by atoms with van der Waals surface area (Å²) >= 11 is 0. The molecule has 0 saturated carbocycles. The SMILES string of the molecule is C=C(C(=O)OC(C)C)C(O)CCCCC. The number of hydrogen-bond acceptors (Lipinski definition) is 3. The van der Waals surface area contributed by atoms with Crippen molar-refractivity contribution in [1.29, 1.82) is 0 Å². The molecule has 0 aliphatic heterocycles. The van der Waals surface area contributed by atoms with Crippen molar-refractivity contribution in [3.63, 3.8) is 0 Å². The summed E-state index contributed by atoms with van der Waals surface area (Å²) in [5, 5.41) is 9.63. The number of ether oxygens (including phenoxy) is 1. The minimum Gasteiger partial charge on any atom is -0.460 e. The van der Waals surface area contributed by atoms with Gasteiger partial charge in [0.15, 0.2) is 0 Å². The highest BCUT2D eigenvalue weighted by molar-refractivity contribution is 5.88. The van der Waals surface area contributed by atoms with Crippen LogP contribution in [0.15, 0.2) is 12.2 Å². The predicted octanol–water partition coefficient (Wildman–Crippen LogP) is 2.44. The third kappa shape index (κ3) is 6.28. The molecular formula is C12H22O3. The molecule has 0 saturated heterocycles. The molecule has 0 spiro atoms. The maximum Gasteiger partial charge on any atom is 0.336 e. The van der Waals surface area contributed by atoms with Crippen LogP contribution >= 0.6 is 0 Å². The van der Waals surface area contributed by atoms with Crippen molar-refractivity contribution in [2.75, 3.05) is 0 Å². The van der Waals surface area contributed by atoms with E-state index in [2.05, 4.69) is 13.5 Å². The zero-order valence-electron chi connectivity index (χ0n) is 9.95. The molecule has 0 aliphatic rings. The molecular weight excluding hydrogens is 192 g/mol. The van der Waals surface area contributed by atoms with Gasteiger partial charge in [0.1, 0.15) is 0 Å². The Hall–Kier alpha value is -0.830. The number of unbranched alkanes of at least 4 members (excludes halogenated alkanes) is 2. The van der Waals surface area contributed by atoms with Crippen LogP contribution in [-0.4, -0.2) is 23.3 Å². The summed E-state index contributed by atoms with van der Waals surface area (Å²) < 4.78 is 4.94. The quantitative estimate of drug-likeness (QED) is 0.402. The second-order valence-electron chi connectivity index (χ2n) is 3.99. The Morgan fingerprint density at radius 1 is 1.40 bits per heavy atom. The van der Waals surface area contributed by atoms with E-state index in [1.807, 2.05) is 0 Å². The van der Waals surface area contributed by atoms with Crippen molar-refractivity contribution in [2.45, 2.75) is 58.7 Å². The summed E-state index contributed by atoms with van der Waals surface area (Å²) in [5.41, 5.74) is 0.166. The highest BCUT2D eigenvalue weighted by Gasteiger charge is 2.18. The zero-order valence-corrected chi connectivity index (χ0v) is 9.95. The molecule has 0 aromatic rings. The highest BCUT2D eigenvalue weighted by atomic mass is 16.5. The molecule has 0 aliphatic carbocycles. The molecule has 3 heteroatoms. The van der Waals surface area contributed by atoms with E-state index in [0.717, 1.165) is 19.3 Å². The van der Waals surface area contributed by atoms with Crippen molar-refractivity contribution in [1.82, 2.24) is 0 Å². The van der Waals surface area contributed by atoms with Crippen LogP contribution in [0.3, 0.4) is 0 Å².